The van der Waals surface area contributed by atoms with Gasteiger partial charge in [0.05, 0.1) is 0 Å². The third-order valence-electron chi connectivity index (χ3n) is 3.13. The van der Waals surface area contributed by atoms with Gasteiger partial charge in [0, 0.05) is 32.6 Å². The number of rotatable bonds is 4. The molecule has 0 spiro atoms. The van der Waals surface area contributed by atoms with Crippen molar-refractivity contribution in [2.75, 3.05) is 26.7 Å². The summed E-state index contributed by atoms with van der Waals surface area (Å²) in [6, 6.07) is -0.0689. The number of imide groups is 1. The number of carbonyl (C=O) groups is 2. The Morgan fingerprint density at radius 3 is 2.72 bits per heavy atom. The summed E-state index contributed by atoms with van der Waals surface area (Å²) in [4.78, 5) is 24.6. The van der Waals surface area contributed by atoms with Crippen molar-refractivity contribution in [3.05, 3.63) is 0 Å². The fourth-order valence-electron chi connectivity index (χ4n) is 2.12. The first-order valence-electron chi connectivity index (χ1n) is 6.13. The summed E-state index contributed by atoms with van der Waals surface area (Å²) in [5.74, 6) is -0.245. The Kier molecular flexibility index (Phi) is 8.70. The van der Waals surface area contributed by atoms with Crippen LogP contribution in [0.1, 0.15) is 25.7 Å². The van der Waals surface area contributed by atoms with Gasteiger partial charge in [-0.1, -0.05) is 6.42 Å². The number of nitrogens with one attached hydrogen (secondary N) is 2. The van der Waals surface area contributed by atoms with Crippen molar-refractivity contribution < 1.29 is 9.59 Å². The van der Waals surface area contributed by atoms with Gasteiger partial charge in [-0.05, 0) is 19.4 Å². The first-order valence-corrected chi connectivity index (χ1v) is 6.13. The number of urea groups is 1. The Morgan fingerprint density at radius 2 is 2.11 bits per heavy atom. The van der Waals surface area contributed by atoms with Gasteiger partial charge in [-0.3, -0.25) is 15.0 Å². The standard InChI is InChI=1S/C11H22N4O2.ClH/c1-13-11(17)14-10(16)5-7-15-6-3-2-4-9(15)8-12;/h9H,2-8,12H2,1H3,(H2,13,14,16,17);1H. The summed E-state index contributed by atoms with van der Waals surface area (Å²) in [7, 11) is 1.48. The highest BCUT2D eigenvalue weighted by atomic mass is 35.5. The molecule has 18 heavy (non-hydrogen) atoms. The lowest BCUT2D eigenvalue weighted by Gasteiger charge is -2.34. The van der Waals surface area contributed by atoms with Crippen molar-refractivity contribution in [2.45, 2.75) is 31.7 Å². The lowest BCUT2D eigenvalue weighted by atomic mass is 10.0. The Labute approximate surface area is 114 Å². The van der Waals surface area contributed by atoms with E-state index in [1.54, 1.807) is 0 Å². The minimum absolute atomic E-state index is 0. The number of amides is 3. The Bertz CT molecular complexity index is 276. The maximum Gasteiger partial charge on any atom is 0.321 e. The molecule has 1 fully saturated rings. The van der Waals surface area contributed by atoms with E-state index in [9.17, 15) is 9.59 Å². The average molecular weight is 279 g/mol. The minimum Gasteiger partial charge on any atom is -0.341 e. The van der Waals surface area contributed by atoms with Gasteiger partial charge in [0.1, 0.15) is 0 Å². The maximum atomic E-state index is 11.4. The fourth-order valence-corrected chi connectivity index (χ4v) is 2.12. The van der Waals surface area contributed by atoms with Crippen LogP contribution in [0.15, 0.2) is 0 Å². The fraction of sp³-hybridized carbons (Fsp3) is 0.818. The third kappa shape index (κ3) is 5.66. The number of nitrogens with two attached hydrogens (primary N) is 1. The van der Waals surface area contributed by atoms with Crippen LogP contribution in [-0.4, -0.2) is 49.6 Å². The summed E-state index contributed by atoms with van der Waals surface area (Å²) in [5, 5.41) is 4.60. The van der Waals surface area contributed by atoms with Crippen LogP contribution in [0.2, 0.25) is 0 Å². The summed E-state index contributed by atoms with van der Waals surface area (Å²) in [5.41, 5.74) is 5.70. The van der Waals surface area contributed by atoms with Crippen LogP contribution in [-0.2, 0) is 4.79 Å². The molecule has 1 atom stereocenters. The highest BCUT2D eigenvalue weighted by Gasteiger charge is 2.21. The topological polar surface area (TPSA) is 87.5 Å². The van der Waals surface area contributed by atoms with E-state index < -0.39 is 6.03 Å². The van der Waals surface area contributed by atoms with Gasteiger partial charge in [0.15, 0.2) is 0 Å². The highest BCUT2D eigenvalue weighted by molar-refractivity contribution is 5.94. The molecule has 1 unspecified atom stereocenters. The Morgan fingerprint density at radius 1 is 1.39 bits per heavy atom. The molecule has 1 aliphatic rings. The van der Waals surface area contributed by atoms with E-state index in [0.717, 1.165) is 19.4 Å². The quantitative estimate of drug-likeness (QED) is 0.679. The molecule has 7 heteroatoms. The lowest BCUT2D eigenvalue weighted by Crippen LogP contribution is -2.46. The summed E-state index contributed by atoms with van der Waals surface area (Å²) >= 11 is 0. The SMILES string of the molecule is CNC(=O)NC(=O)CCN1CCCCC1CN.Cl. The number of hydrogen-bond donors (Lipinski definition) is 3. The largest absolute Gasteiger partial charge is 0.341 e. The molecule has 1 saturated heterocycles. The molecule has 0 bridgehead atoms. The normalized spacial score (nSPS) is 19.8. The van der Waals surface area contributed by atoms with E-state index in [2.05, 4.69) is 15.5 Å². The van der Waals surface area contributed by atoms with Crippen molar-refractivity contribution in [3.8, 4) is 0 Å². The predicted molar refractivity (Wildman–Crippen MR) is 72.7 cm³/mol. The van der Waals surface area contributed by atoms with Crippen molar-refractivity contribution >= 4 is 24.3 Å². The van der Waals surface area contributed by atoms with Gasteiger partial charge >= 0.3 is 6.03 Å². The molecule has 0 saturated carbocycles. The van der Waals surface area contributed by atoms with E-state index >= 15 is 0 Å². The summed E-state index contributed by atoms with van der Waals surface area (Å²) in [6.45, 7) is 2.30. The molecule has 0 aromatic rings. The van der Waals surface area contributed by atoms with Crippen LogP contribution in [0.5, 0.6) is 0 Å². The maximum absolute atomic E-state index is 11.4. The van der Waals surface area contributed by atoms with Crippen LogP contribution in [0, 0.1) is 0 Å². The number of carbonyl (C=O) groups excluding carboxylic acids is 2. The second kappa shape index (κ2) is 9.13. The summed E-state index contributed by atoms with van der Waals surface area (Å²) < 4.78 is 0. The van der Waals surface area contributed by atoms with E-state index in [-0.39, 0.29) is 18.3 Å². The molecule has 1 rings (SSSR count). The molecule has 1 aliphatic heterocycles. The zero-order chi connectivity index (χ0) is 12.7. The molecule has 6 nitrogen and oxygen atoms in total. The number of piperidine rings is 1. The third-order valence-corrected chi connectivity index (χ3v) is 3.13. The van der Waals surface area contributed by atoms with Gasteiger partial charge < -0.3 is 11.1 Å². The minimum atomic E-state index is -0.455. The van der Waals surface area contributed by atoms with Gasteiger partial charge in [0.25, 0.3) is 0 Å². The first kappa shape index (κ1) is 17.2. The van der Waals surface area contributed by atoms with Crippen LogP contribution in [0.4, 0.5) is 4.79 Å². The molecule has 3 amide bonds. The monoisotopic (exact) mass is 278 g/mol. The Balaban J connectivity index is 0.00000289. The summed E-state index contributed by atoms with van der Waals surface area (Å²) in [6.07, 6.45) is 3.81. The highest BCUT2D eigenvalue weighted by Crippen LogP contribution is 2.15. The number of nitrogens with zero attached hydrogens (tertiary/aromatic N) is 1. The van der Waals surface area contributed by atoms with Crippen LogP contribution < -0.4 is 16.4 Å². The van der Waals surface area contributed by atoms with Crippen molar-refractivity contribution in [3.63, 3.8) is 0 Å². The molecular weight excluding hydrogens is 256 g/mol. The smallest absolute Gasteiger partial charge is 0.321 e. The van der Waals surface area contributed by atoms with Gasteiger partial charge in [-0.15, -0.1) is 12.4 Å². The van der Waals surface area contributed by atoms with Gasteiger partial charge in [0.2, 0.25) is 5.91 Å². The lowest BCUT2D eigenvalue weighted by molar-refractivity contribution is -0.120. The molecule has 1 heterocycles. The van der Waals surface area contributed by atoms with Crippen molar-refractivity contribution in [2.24, 2.45) is 5.73 Å². The average Bonchev–Trinajstić information content (AvgIpc) is 2.36. The molecule has 0 aliphatic carbocycles. The van der Waals surface area contributed by atoms with Crippen molar-refractivity contribution in [1.29, 1.82) is 0 Å². The van der Waals surface area contributed by atoms with E-state index in [1.165, 1.54) is 13.5 Å². The second-order valence-electron chi connectivity index (χ2n) is 4.30. The first-order chi connectivity index (χ1) is 8.17. The zero-order valence-corrected chi connectivity index (χ0v) is 11.6. The van der Waals surface area contributed by atoms with Gasteiger partial charge in [-0.25, -0.2) is 4.79 Å². The Hall–Kier alpha value is -0.850. The zero-order valence-electron chi connectivity index (χ0n) is 10.8. The number of likely N-dealkylation sites (tertiary alicyclic amines) is 1. The molecule has 4 N–H and O–H groups in total. The predicted octanol–water partition coefficient (Wildman–Crippen LogP) is 0.0671. The van der Waals surface area contributed by atoms with E-state index in [4.69, 9.17) is 5.73 Å². The number of hydrogen-bond acceptors (Lipinski definition) is 4. The molecule has 0 radical (unpaired) electrons. The van der Waals surface area contributed by atoms with E-state index in [1.807, 2.05) is 0 Å². The van der Waals surface area contributed by atoms with E-state index in [0.29, 0.717) is 25.6 Å². The molecule has 0 aromatic heterocycles. The second-order valence-corrected chi connectivity index (χ2v) is 4.30. The number of halogens is 1. The van der Waals surface area contributed by atoms with Crippen LogP contribution in [0.25, 0.3) is 0 Å². The van der Waals surface area contributed by atoms with Gasteiger partial charge in [-0.2, -0.15) is 0 Å². The molecule has 106 valence electrons. The van der Waals surface area contributed by atoms with Crippen LogP contribution in [0.3, 0.4) is 0 Å². The molecular formula is C11H23ClN4O2. The van der Waals surface area contributed by atoms with Crippen LogP contribution >= 0.6 is 12.4 Å². The van der Waals surface area contributed by atoms with Crippen molar-refractivity contribution in [1.82, 2.24) is 15.5 Å². The molecule has 0 aromatic carbocycles.